The van der Waals surface area contributed by atoms with E-state index in [-0.39, 0.29) is 11.9 Å². The average Bonchev–Trinajstić information content (AvgIpc) is 2.53. The highest BCUT2D eigenvalue weighted by Crippen LogP contribution is 2.33. The van der Waals surface area contributed by atoms with E-state index in [2.05, 4.69) is 45.6 Å². The molecular formula is C20H32FN. The summed E-state index contributed by atoms with van der Waals surface area (Å²) in [6, 6.07) is 5.82. The van der Waals surface area contributed by atoms with Gasteiger partial charge in [0.2, 0.25) is 0 Å². The number of likely N-dealkylation sites (tertiary alicyclic amines) is 1. The molecule has 1 nitrogen and oxygen atoms in total. The molecule has 1 aliphatic heterocycles. The van der Waals surface area contributed by atoms with Gasteiger partial charge in [0.05, 0.1) is 0 Å². The van der Waals surface area contributed by atoms with Crippen molar-refractivity contribution in [1.82, 2.24) is 4.90 Å². The van der Waals surface area contributed by atoms with Gasteiger partial charge in [-0.2, -0.15) is 0 Å². The number of hydrogen-bond acceptors (Lipinski definition) is 1. The van der Waals surface area contributed by atoms with E-state index < -0.39 is 0 Å². The lowest BCUT2D eigenvalue weighted by atomic mass is 9.83. The van der Waals surface area contributed by atoms with E-state index in [1.807, 2.05) is 6.07 Å². The molecule has 1 fully saturated rings. The van der Waals surface area contributed by atoms with Crippen molar-refractivity contribution < 1.29 is 4.39 Å². The van der Waals surface area contributed by atoms with Crippen molar-refractivity contribution in [3.63, 3.8) is 0 Å². The molecule has 0 amide bonds. The number of benzene rings is 1. The van der Waals surface area contributed by atoms with E-state index in [9.17, 15) is 4.39 Å². The van der Waals surface area contributed by atoms with E-state index in [0.717, 1.165) is 30.5 Å². The summed E-state index contributed by atoms with van der Waals surface area (Å²) >= 11 is 0. The highest BCUT2D eigenvalue weighted by Gasteiger charge is 2.27. The third kappa shape index (κ3) is 3.90. The molecule has 1 aliphatic rings. The first kappa shape index (κ1) is 17.5. The molecular weight excluding hydrogens is 273 g/mol. The number of hydrogen-bond donors (Lipinski definition) is 0. The second-order valence-corrected chi connectivity index (χ2v) is 7.37. The molecule has 124 valence electrons. The van der Waals surface area contributed by atoms with Gasteiger partial charge >= 0.3 is 0 Å². The molecule has 22 heavy (non-hydrogen) atoms. The van der Waals surface area contributed by atoms with Gasteiger partial charge in [0.1, 0.15) is 5.82 Å². The average molecular weight is 305 g/mol. The Kier molecular flexibility index (Phi) is 6.02. The molecule has 1 aromatic rings. The third-order valence-corrected chi connectivity index (χ3v) is 5.71. The summed E-state index contributed by atoms with van der Waals surface area (Å²) in [5, 5.41) is 0. The first-order chi connectivity index (χ1) is 10.4. The monoisotopic (exact) mass is 305 g/mol. The Labute approximate surface area is 135 Å². The number of piperidine rings is 1. The zero-order valence-corrected chi connectivity index (χ0v) is 14.9. The highest BCUT2D eigenvalue weighted by atomic mass is 19.1. The van der Waals surface area contributed by atoms with Crippen LogP contribution >= 0.6 is 0 Å². The third-order valence-electron chi connectivity index (χ3n) is 5.71. The van der Waals surface area contributed by atoms with Crippen LogP contribution in [-0.4, -0.2) is 18.0 Å². The van der Waals surface area contributed by atoms with Crippen LogP contribution in [0.1, 0.15) is 77.0 Å². The van der Waals surface area contributed by atoms with E-state index in [4.69, 9.17) is 0 Å². The fourth-order valence-electron chi connectivity index (χ4n) is 3.65. The minimum atomic E-state index is -0.0547. The molecule has 0 N–H and O–H groups in total. The van der Waals surface area contributed by atoms with Crippen LogP contribution < -0.4 is 0 Å². The lowest BCUT2D eigenvalue weighted by Gasteiger charge is -2.38. The van der Waals surface area contributed by atoms with Crippen molar-refractivity contribution in [1.29, 1.82) is 0 Å². The van der Waals surface area contributed by atoms with Gasteiger partial charge in [-0.05, 0) is 62.2 Å². The van der Waals surface area contributed by atoms with Crippen LogP contribution in [0.5, 0.6) is 0 Å². The number of rotatable bonds is 5. The summed E-state index contributed by atoms with van der Waals surface area (Å²) < 4.78 is 14.3. The Bertz CT molecular complexity index is 475. The second-order valence-electron chi connectivity index (χ2n) is 7.37. The molecule has 1 saturated heterocycles. The Morgan fingerprint density at radius 2 is 1.77 bits per heavy atom. The van der Waals surface area contributed by atoms with Crippen LogP contribution in [0.4, 0.5) is 4.39 Å². The quantitative estimate of drug-likeness (QED) is 0.667. The van der Waals surface area contributed by atoms with Gasteiger partial charge in [0.25, 0.3) is 0 Å². The summed E-state index contributed by atoms with van der Waals surface area (Å²) in [6.07, 6.45) is 3.78. The fraction of sp³-hybridized carbons (Fsp3) is 0.700. The Morgan fingerprint density at radius 1 is 1.14 bits per heavy atom. The summed E-state index contributed by atoms with van der Waals surface area (Å²) in [7, 11) is 0. The fourth-order valence-corrected chi connectivity index (χ4v) is 3.65. The topological polar surface area (TPSA) is 3.24 Å². The summed E-state index contributed by atoms with van der Waals surface area (Å²) in [5.74, 6) is 2.06. The van der Waals surface area contributed by atoms with Crippen LogP contribution in [0.25, 0.3) is 0 Å². The molecule has 0 aliphatic carbocycles. The van der Waals surface area contributed by atoms with Gasteiger partial charge in [0.15, 0.2) is 0 Å². The molecule has 2 rings (SSSR count). The second kappa shape index (κ2) is 7.59. The minimum Gasteiger partial charge on any atom is -0.296 e. The van der Waals surface area contributed by atoms with Gasteiger partial charge in [-0.3, -0.25) is 4.90 Å². The lowest BCUT2D eigenvalue weighted by Crippen LogP contribution is -2.37. The van der Waals surface area contributed by atoms with E-state index in [0.29, 0.717) is 5.92 Å². The molecule has 0 spiro atoms. The van der Waals surface area contributed by atoms with E-state index in [1.54, 1.807) is 6.07 Å². The normalized spacial score (nSPS) is 20.3. The van der Waals surface area contributed by atoms with Crippen molar-refractivity contribution in [3.05, 3.63) is 35.1 Å². The van der Waals surface area contributed by atoms with Crippen LogP contribution in [0.15, 0.2) is 18.2 Å². The predicted molar refractivity (Wildman–Crippen MR) is 92.7 cm³/mol. The molecule has 2 atom stereocenters. The van der Waals surface area contributed by atoms with Crippen molar-refractivity contribution in [3.8, 4) is 0 Å². The molecule has 0 bridgehead atoms. The lowest BCUT2D eigenvalue weighted by molar-refractivity contribution is 0.115. The zero-order valence-electron chi connectivity index (χ0n) is 14.9. The maximum atomic E-state index is 14.3. The maximum absolute atomic E-state index is 14.3. The Morgan fingerprint density at radius 3 is 2.32 bits per heavy atom. The smallest absolute Gasteiger partial charge is 0.127 e. The van der Waals surface area contributed by atoms with Crippen molar-refractivity contribution >= 4 is 0 Å². The predicted octanol–water partition coefficient (Wildman–Crippen LogP) is 5.77. The molecule has 0 saturated carbocycles. The number of halogens is 1. The van der Waals surface area contributed by atoms with Crippen LogP contribution in [0, 0.1) is 17.7 Å². The highest BCUT2D eigenvalue weighted by molar-refractivity contribution is 5.29. The van der Waals surface area contributed by atoms with Crippen molar-refractivity contribution in [2.45, 2.75) is 65.8 Å². The standard InChI is InChI=1S/C20H32FN/c1-6-15(4)17-9-11-22(12-10-17)16(5)19-13-18(14(2)3)7-8-20(19)21/h7-8,13-17H,6,9-12H2,1-5H3. The SMILES string of the molecule is CCC(C)C1CCN(C(C)c2cc(C(C)C)ccc2F)CC1. The van der Waals surface area contributed by atoms with Crippen molar-refractivity contribution in [2.75, 3.05) is 13.1 Å². The van der Waals surface area contributed by atoms with Crippen LogP contribution in [0.2, 0.25) is 0 Å². The summed E-state index contributed by atoms with van der Waals surface area (Å²) in [6.45, 7) is 13.3. The summed E-state index contributed by atoms with van der Waals surface area (Å²) in [4.78, 5) is 2.46. The van der Waals surface area contributed by atoms with E-state index in [1.165, 1.54) is 24.8 Å². The summed E-state index contributed by atoms with van der Waals surface area (Å²) in [5.41, 5.74) is 2.10. The molecule has 0 aromatic heterocycles. The Hall–Kier alpha value is -0.890. The van der Waals surface area contributed by atoms with Gasteiger partial charge in [-0.25, -0.2) is 4.39 Å². The molecule has 0 radical (unpaired) electrons. The largest absolute Gasteiger partial charge is 0.296 e. The number of nitrogens with zero attached hydrogens (tertiary/aromatic N) is 1. The van der Waals surface area contributed by atoms with E-state index >= 15 is 0 Å². The van der Waals surface area contributed by atoms with Gasteiger partial charge in [0, 0.05) is 11.6 Å². The Balaban J connectivity index is 2.06. The first-order valence-corrected chi connectivity index (χ1v) is 8.97. The van der Waals surface area contributed by atoms with Crippen molar-refractivity contribution in [2.24, 2.45) is 11.8 Å². The molecule has 2 heteroatoms. The van der Waals surface area contributed by atoms with Crippen LogP contribution in [0.3, 0.4) is 0 Å². The van der Waals surface area contributed by atoms with Gasteiger partial charge in [-0.1, -0.05) is 46.2 Å². The molecule has 1 heterocycles. The van der Waals surface area contributed by atoms with Gasteiger partial charge in [-0.15, -0.1) is 0 Å². The first-order valence-electron chi connectivity index (χ1n) is 8.97. The molecule has 2 unspecified atom stereocenters. The maximum Gasteiger partial charge on any atom is 0.127 e. The van der Waals surface area contributed by atoms with Gasteiger partial charge < -0.3 is 0 Å². The zero-order chi connectivity index (χ0) is 16.3. The molecule has 1 aromatic carbocycles. The van der Waals surface area contributed by atoms with Crippen LogP contribution in [-0.2, 0) is 0 Å². The minimum absolute atomic E-state index is 0.0547.